The van der Waals surface area contributed by atoms with Crippen LogP contribution in [0.1, 0.15) is 80.1 Å². The lowest BCUT2D eigenvalue weighted by molar-refractivity contribution is -0.126. The van der Waals surface area contributed by atoms with Crippen molar-refractivity contribution in [2.24, 2.45) is 5.41 Å². The second kappa shape index (κ2) is 11.4. The lowest BCUT2D eigenvalue weighted by Gasteiger charge is -2.34. The van der Waals surface area contributed by atoms with Gasteiger partial charge in [0.1, 0.15) is 5.78 Å². The molecule has 0 aromatic heterocycles. The third-order valence-electron chi connectivity index (χ3n) is 5.08. The first-order valence-corrected chi connectivity index (χ1v) is 10.7. The first-order valence-electron chi connectivity index (χ1n) is 10.7. The fraction of sp³-hybridized carbons (Fsp3) is 0.955. The molecular weight excluding hydrogens is 324 g/mol. The molecule has 26 heavy (non-hydrogen) atoms. The van der Waals surface area contributed by atoms with E-state index in [0.29, 0.717) is 5.78 Å². The molecule has 1 saturated heterocycles. The molecule has 0 N–H and O–H groups in total. The molecule has 0 bridgehead atoms. The average Bonchev–Trinajstić information content (AvgIpc) is 2.54. The highest BCUT2D eigenvalue weighted by molar-refractivity contribution is 5.83. The summed E-state index contributed by atoms with van der Waals surface area (Å²) in [6.45, 7) is 20.4. The Morgan fingerprint density at radius 3 is 1.77 bits per heavy atom. The van der Waals surface area contributed by atoms with E-state index in [9.17, 15) is 4.79 Å². The third kappa shape index (κ3) is 11.3. The summed E-state index contributed by atoms with van der Waals surface area (Å²) in [4.78, 5) is 17.1. The molecule has 4 heteroatoms. The standard InChI is InChI=1S/C22H44N2O2/c1-21(2,3)20(25)12-9-7-8-10-13-23-15-17-24(18-16-23)14-11-19-26-22(4,5)6/h7-19H2,1-6H3. The van der Waals surface area contributed by atoms with E-state index in [1.807, 2.05) is 20.8 Å². The van der Waals surface area contributed by atoms with Gasteiger partial charge in [-0.1, -0.05) is 33.6 Å². The molecule has 1 fully saturated rings. The summed E-state index contributed by atoms with van der Waals surface area (Å²) >= 11 is 0. The molecule has 1 aliphatic rings. The third-order valence-corrected chi connectivity index (χ3v) is 5.08. The maximum Gasteiger partial charge on any atom is 0.138 e. The highest BCUT2D eigenvalue weighted by Gasteiger charge is 2.20. The van der Waals surface area contributed by atoms with E-state index in [4.69, 9.17) is 4.74 Å². The van der Waals surface area contributed by atoms with E-state index in [1.165, 1.54) is 52.0 Å². The molecule has 0 spiro atoms. The average molecular weight is 369 g/mol. The Bertz CT molecular complexity index is 388. The van der Waals surface area contributed by atoms with Gasteiger partial charge in [0, 0.05) is 51.2 Å². The van der Waals surface area contributed by atoms with Crippen molar-refractivity contribution in [3.05, 3.63) is 0 Å². The van der Waals surface area contributed by atoms with Gasteiger partial charge in [0.15, 0.2) is 0 Å². The van der Waals surface area contributed by atoms with E-state index in [2.05, 4.69) is 30.6 Å². The minimum atomic E-state index is -0.168. The van der Waals surface area contributed by atoms with E-state index in [-0.39, 0.29) is 11.0 Å². The molecule has 0 aliphatic carbocycles. The van der Waals surface area contributed by atoms with Crippen LogP contribution in [0.2, 0.25) is 0 Å². The minimum absolute atomic E-state index is 0.0151. The number of carbonyl (C=O) groups is 1. The van der Waals surface area contributed by atoms with E-state index >= 15 is 0 Å². The van der Waals surface area contributed by atoms with Gasteiger partial charge in [0.05, 0.1) is 5.60 Å². The van der Waals surface area contributed by atoms with Crippen LogP contribution in [0.15, 0.2) is 0 Å². The predicted molar refractivity (Wildman–Crippen MR) is 111 cm³/mol. The smallest absolute Gasteiger partial charge is 0.138 e. The summed E-state index contributed by atoms with van der Waals surface area (Å²) in [5.74, 6) is 0.404. The van der Waals surface area contributed by atoms with Gasteiger partial charge in [-0.25, -0.2) is 0 Å². The van der Waals surface area contributed by atoms with E-state index in [1.54, 1.807) is 0 Å². The van der Waals surface area contributed by atoms with Gasteiger partial charge < -0.3 is 14.5 Å². The van der Waals surface area contributed by atoms with Crippen LogP contribution in [0.5, 0.6) is 0 Å². The van der Waals surface area contributed by atoms with Crippen molar-refractivity contribution in [1.29, 1.82) is 0 Å². The Morgan fingerprint density at radius 2 is 1.27 bits per heavy atom. The van der Waals surface area contributed by atoms with Crippen LogP contribution >= 0.6 is 0 Å². The normalized spacial score (nSPS) is 17.6. The zero-order chi connectivity index (χ0) is 19.6. The Hall–Kier alpha value is -0.450. The van der Waals surface area contributed by atoms with Crippen molar-refractivity contribution in [3.8, 4) is 0 Å². The first kappa shape index (κ1) is 23.6. The molecule has 1 heterocycles. The molecule has 0 unspecified atom stereocenters. The van der Waals surface area contributed by atoms with Crippen molar-refractivity contribution in [1.82, 2.24) is 9.80 Å². The molecular formula is C22H44N2O2. The van der Waals surface area contributed by atoms with Crippen molar-refractivity contribution in [2.45, 2.75) is 85.7 Å². The van der Waals surface area contributed by atoms with Crippen molar-refractivity contribution in [3.63, 3.8) is 0 Å². The maximum absolute atomic E-state index is 11.9. The van der Waals surface area contributed by atoms with Crippen LogP contribution in [0, 0.1) is 5.41 Å². The fourth-order valence-electron chi connectivity index (χ4n) is 3.25. The number of nitrogens with zero attached hydrogens (tertiary/aromatic N) is 2. The van der Waals surface area contributed by atoms with Crippen LogP contribution in [-0.2, 0) is 9.53 Å². The van der Waals surface area contributed by atoms with Gasteiger partial charge >= 0.3 is 0 Å². The molecule has 0 radical (unpaired) electrons. The van der Waals surface area contributed by atoms with Crippen molar-refractivity contribution in [2.75, 3.05) is 45.9 Å². The van der Waals surface area contributed by atoms with Gasteiger partial charge in [-0.05, 0) is 46.6 Å². The summed E-state index contributed by atoms with van der Waals surface area (Å²) in [5.41, 5.74) is -0.183. The van der Waals surface area contributed by atoms with Gasteiger partial charge in [0.2, 0.25) is 0 Å². The summed E-state index contributed by atoms with van der Waals surface area (Å²) in [5, 5.41) is 0. The van der Waals surface area contributed by atoms with Gasteiger partial charge in [0.25, 0.3) is 0 Å². The Labute approximate surface area is 162 Å². The summed E-state index contributed by atoms with van der Waals surface area (Å²) < 4.78 is 5.80. The molecule has 4 nitrogen and oxygen atoms in total. The van der Waals surface area contributed by atoms with Crippen LogP contribution in [0.3, 0.4) is 0 Å². The molecule has 154 valence electrons. The number of hydrogen-bond donors (Lipinski definition) is 0. The Balaban J connectivity index is 1.98. The molecule has 0 saturated carbocycles. The second-order valence-electron chi connectivity index (χ2n) is 9.84. The van der Waals surface area contributed by atoms with Crippen LogP contribution < -0.4 is 0 Å². The number of piperazine rings is 1. The summed E-state index contributed by atoms with van der Waals surface area (Å²) in [6, 6.07) is 0. The summed E-state index contributed by atoms with van der Waals surface area (Å²) in [6.07, 6.45) is 6.65. The molecule has 0 atom stereocenters. The Morgan fingerprint density at radius 1 is 0.769 bits per heavy atom. The number of unbranched alkanes of at least 4 members (excludes halogenated alkanes) is 3. The zero-order valence-electron chi connectivity index (χ0n) is 18.4. The molecule has 0 aromatic carbocycles. The molecule has 1 aliphatic heterocycles. The molecule has 0 amide bonds. The number of Topliss-reactive ketones (excluding diaryl/α,β-unsaturated/α-hetero) is 1. The number of hydrogen-bond acceptors (Lipinski definition) is 4. The van der Waals surface area contributed by atoms with Crippen LogP contribution in [0.25, 0.3) is 0 Å². The lowest BCUT2D eigenvalue weighted by Crippen LogP contribution is -2.46. The first-order chi connectivity index (χ1) is 12.1. The quantitative estimate of drug-likeness (QED) is 0.507. The highest BCUT2D eigenvalue weighted by atomic mass is 16.5. The fourth-order valence-corrected chi connectivity index (χ4v) is 3.25. The van der Waals surface area contributed by atoms with Gasteiger partial charge in [-0.2, -0.15) is 0 Å². The number of rotatable bonds is 11. The number of ketones is 1. The van der Waals surface area contributed by atoms with Gasteiger partial charge in [-0.3, -0.25) is 4.79 Å². The van der Waals surface area contributed by atoms with Crippen molar-refractivity contribution < 1.29 is 9.53 Å². The molecule has 1 rings (SSSR count). The predicted octanol–water partition coefficient (Wildman–Crippen LogP) is 4.37. The number of ether oxygens (including phenoxy) is 1. The largest absolute Gasteiger partial charge is 0.376 e. The minimum Gasteiger partial charge on any atom is -0.376 e. The van der Waals surface area contributed by atoms with E-state index in [0.717, 1.165) is 32.4 Å². The Kier molecular flexibility index (Phi) is 10.3. The zero-order valence-corrected chi connectivity index (χ0v) is 18.4. The van der Waals surface area contributed by atoms with E-state index < -0.39 is 0 Å². The monoisotopic (exact) mass is 368 g/mol. The topological polar surface area (TPSA) is 32.8 Å². The van der Waals surface area contributed by atoms with Crippen LogP contribution in [-0.4, -0.2) is 67.1 Å². The molecule has 0 aromatic rings. The second-order valence-corrected chi connectivity index (χ2v) is 9.84. The summed E-state index contributed by atoms with van der Waals surface area (Å²) in [7, 11) is 0. The SMILES string of the molecule is CC(C)(C)OCCCN1CCN(CCCCCCC(=O)C(C)(C)C)CC1. The maximum atomic E-state index is 11.9. The van der Waals surface area contributed by atoms with Gasteiger partial charge in [-0.15, -0.1) is 0 Å². The van der Waals surface area contributed by atoms with Crippen LogP contribution in [0.4, 0.5) is 0 Å². The number of carbonyl (C=O) groups excluding carboxylic acids is 1. The highest BCUT2D eigenvalue weighted by Crippen LogP contribution is 2.19. The lowest BCUT2D eigenvalue weighted by atomic mass is 9.88. The van der Waals surface area contributed by atoms with Crippen molar-refractivity contribution >= 4 is 5.78 Å².